The molecule has 2 aromatic rings. The maximum absolute atomic E-state index is 12.9. The van der Waals surface area contributed by atoms with Crippen molar-refractivity contribution in [2.45, 2.75) is 24.9 Å². The number of benzene rings is 2. The lowest BCUT2D eigenvalue weighted by Crippen LogP contribution is -2.69. The number of β-lactam (4-membered cyclic amide) rings is 1. The molecular formula is C21H21N3O5. The zero-order valence-electron chi connectivity index (χ0n) is 15.6. The van der Waals surface area contributed by atoms with Crippen LogP contribution in [-0.4, -0.2) is 48.2 Å². The van der Waals surface area contributed by atoms with Crippen molar-refractivity contribution in [3.8, 4) is 0 Å². The fraction of sp³-hybridized carbons (Fsp3) is 0.286. The Balaban J connectivity index is 1.41. The summed E-state index contributed by atoms with van der Waals surface area (Å²) in [6.07, 6.45) is -1.16. The van der Waals surface area contributed by atoms with Gasteiger partial charge in [-0.2, -0.15) is 0 Å². The highest BCUT2D eigenvalue weighted by atomic mass is 16.5. The summed E-state index contributed by atoms with van der Waals surface area (Å²) in [5.41, 5.74) is 1.42. The number of nitrogens with one attached hydrogen (secondary N) is 2. The van der Waals surface area contributed by atoms with Gasteiger partial charge in [-0.25, -0.2) is 4.79 Å². The summed E-state index contributed by atoms with van der Waals surface area (Å²) in [5.74, 6) is -0.680. The minimum Gasteiger partial charge on any atom is -0.445 e. The maximum atomic E-state index is 12.9. The summed E-state index contributed by atoms with van der Waals surface area (Å²) in [5, 5.41) is 5.28. The molecule has 29 heavy (non-hydrogen) atoms. The van der Waals surface area contributed by atoms with Gasteiger partial charge in [0.05, 0.1) is 6.61 Å². The molecule has 2 N–H and O–H groups in total. The summed E-state index contributed by atoms with van der Waals surface area (Å²) in [6.45, 7) is 1.07. The van der Waals surface area contributed by atoms with E-state index in [4.69, 9.17) is 9.47 Å². The van der Waals surface area contributed by atoms with Crippen molar-refractivity contribution in [2.75, 3.05) is 13.2 Å². The average molecular weight is 395 g/mol. The molecule has 150 valence electrons. The monoisotopic (exact) mass is 395 g/mol. The Hall–Kier alpha value is -3.39. The van der Waals surface area contributed by atoms with Gasteiger partial charge in [-0.1, -0.05) is 60.7 Å². The van der Waals surface area contributed by atoms with Gasteiger partial charge in [-0.15, -0.1) is 0 Å². The molecule has 0 aliphatic carbocycles. The van der Waals surface area contributed by atoms with Crippen LogP contribution in [0.5, 0.6) is 0 Å². The lowest BCUT2D eigenvalue weighted by Gasteiger charge is -2.41. The van der Waals surface area contributed by atoms with E-state index in [0.717, 1.165) is 5.56 Å². The lowest BCUT2D eigenvalue weighted by molar-refractivity contribution is -0.165. The van der Waals surface area contributed by atoms with Crippen molar-refractivity contribution in [2.24, 2.45) is 0 Å². The van der Waals surface area contributed by atoms with Crippen molar-refractivity contribution in [3.63, 3.8) is 0 Å². The van der Waals surface area contributed by atoms with Crippen LogP contribution in [0.25, 0.3) is 0 Å². The first-order valence-corrected chi connectivity index (χ1v) is 9.38. The highest BCUT2D eigenvalue weighted by Crippen LogP contribution is 2.26. The number of carbonyl (C=O) groups is 3. The predicted molar refractivity (Wildman–Crippen MR) is 102 cm³/mol. The molecule has 0 saturated carbocycles. The highest BCUT2D eigenvalue weighted by Gasteiger charge is 2.52. The number of carbonyl (C=O) groups excluding carboxylic acids is 3. The fourth-order valence-electron chi connectivity index (χ4n) is 3.42. The molecule has 3 atom stereocenters. The fourth-order valence-corrected chi connectivity index (χ4v) is 3.42. The van der Waals surface area contributed by atoms with Crippen molar-refractivity contribution < 1.29 is 23.9 Å². The SMILES string of the molecule is O=C(N[C@H](C(=O)N[C@@H]1C(=O)N2CCO[C@H]12)c1ccccc1)OCc1ccccc1. The quantitative estimate of drug-likeness (QED) is 0.720. The van der Waals surface area contributed by atoms with Gasteiger partial charge in [-0.3, -0.25) is 9.59 Å². The van der Waals surface area contributed by atoms with Crippen molar-refractivity contribution in [1.82, 2.24) is 15.5 Å². The number of rotatable bonds is 6. The second-order valence-corrected chi connectivity index (χ2v) is 6.83. The van der Waals surface area contributed by atoms with Gasteiger partial charge in [0.2, 0.25) is 5.91 Å². The van der Waals surface area contributed by atoms with Crippen LogP contribution in [0, 0.1) is 0 Å². The van der Waals surface area contributed by atoms with Crippen LogP contribution < -0.4 is 10.6 Å². The van der Waals surface area contributed by atoms with Gasteiger partial charge < -0.3 is 25.0 Å². The summed E-state index contributed by atoms with van der Waals surface area (Å²) >= 11 is 0. The largest absolute Gasteiger partial charge is 0.445 e. The van der Waals surface area contributed by atoms with Crippen LogP contribution in [0.15, 0.2) is 60.7 Å². The van der Waals surface area contributed by atoms with E-state index in [2.05, 4.69) is 10.6 Å². The lowest BCUT2D eigenvalue weighted by atomic mass is 10.0. The molecule has 8 heteroatoms. The first-order chi connectivity index (χ1) is 14.1. The first-order valence-electron chi connectivity index (χ1n) is 9.38. The van der Waals surface area contributed by atoms with Gasteiger partial charge in [-0.05, 0) is 11.1 Å². The van der Waals surface area contributed by atoms with Crippen molar-refractivity contribution in [3.05, 3.63) is 71.8 Å². The molecule has 0 radical (unpaired) electrons. The van der Waals surface area contributed by atoms with E-state index in [1.807, 2.05) is 36.4 Å². The van der Waals surface area contributed by atoms with E-state index in [9.17, 15) is 14.4 Å². The highest BCUT2D eigenvalue weighted by molar-refractivity contribution is 5.95. The predicted octanol–water partition coefficient (Wildman–Crippen LogP) is 1.34. The van der Waals surface area contributed by atoms with Gasteiger partial charge in [0.25, 0.3) is 5.91 Å². The zero-order valence-corrected chi connectivity index (χ0v) is 15.6. The van der Waals surface area contributed by atoms with E-state index in [0.29, 0.717) is 18.7 Å². The number of hydrogen-bond acceptors (Lipinski definition) is 5. The van der Waals surface area contributed by atoms with E-state index in [1.54, 1.807) is 29.2 Å². The van der Waals surface area contributed by atoms with Crippen molar-refractivity contribution >= 4 is 17.9 Å². The summed E-state index contributed by atoms with van der Waals surface area (Å²) in [7, 11) is 0. The van der Waals surface area contributed by atoms with E-state index in [1.165, 1.54) is 0 Å². The Morgan fingerprint density at radius 1 is 1.10 bits per heavy atom. The molecule has 0 bridgehead atoms. The van der Waals surface area contributed by atoms with Crippen LogP contribution in [0.1, 0.15) is 17.2 Å². The molecule has 2 heterocycles. The minimum atomic E-state index is -0.997. The number of fused-ring (bicyclic) bond motifs is 1. The number of alkyl carbamates (subject to hydrolysis) is 1. The van der Waals surface area contributed by atoms with E-state index < -0.39 is 30.3 Å². The molecule has 2 aromatic carbocycles. The summed E-state index contributed by atoms with van der Waals surface area (Å²) in [6, 6.07) is 16.3. The normalized spacial score (nSPS) is 21.0. The van der Waals surface area contributed by atoms with Crippen LogP contribution >= 0.6 is 0 Å². The van der Waals surface area contributed by atoms with Gasteiger partial charge >= 0.3 is 6.09 Å². The molecule has 3 amide bonds. The third-order valence-electron chi connectivity index (χ3n) is 4.93. The maximum Gasteiger partial charge on any atom is 0.408 e. The zero-order chi connectivity index (χ0) is 20.2. The van der Waals surface area contributed by atoms with Gasteiger partial charge in [0, 0.05) is 6.54 Å². The Labute approximate surface area is 167 Å². The second-order valence-electron chi connectivity index (χ2n) is 6.83. The molecule has 2 saturated heterocycles. The molecule has 8 nitrogen and oxygen atoms in total. The Morgan fingerprint density at radius 2 is 1.79 bits per heavy atom. The summed E-state index contributed by atoms with van der Waals surface area (Å²) < 4.78 is 10.7. The van der Waals surface area contributed by atoms with Crippen LogP contribution in [0.4, 0.5) is 4.79 Å². The van der Waals surface area contributed by atoms with Gasteiger partial charge in [0.1, 0.15) is 12.6 Å². The number of hydrogen-bond donors (Lipinski definition) is 2. The van der Waals surface area contributed by atoms with E-state index in [-0.39, 0.29) is 12.5 Å². The van der Waals surface area contributed by atoms with Gasteiger partial charge in [0.15, 0.2) is 12.3 Å². The average Bonchev–Trinajstić information content (AvgIpc) is 3.20. The molecule has 0 spiro atoms. The molecule has 0 aromatic heterocycles. The minimum absolute atomic E-state index is 0.0851. The third-order valence-corrected chi connectivity index (χ3v) is 4.93. The topological polar surface area (TPSA) is 97.0 Å². The molecule has 2 aliphatic heterocycles. The molecular weight excluding hydrogens is 374 g/mol. The van der Waals surface area contributed by atoms with Crippen LogP contribution in [0.3, 0.4) is 0 Å². The third kappa shape index (κ3) is 4.07. The number of nitrogens with zero attached hydrogens (tertiary/aromatic N) is 1. The Kier molecular flexibility index (Phi) is 5.44. The first kappa shape index (κ1) is 18.9. The smallest absolute Gasteiger partial charge is 0.408 e. The summed E-state index contributed by atoms with van der Waals surface area (Å²) in [4.78, 5) is 38.9. The molecule has 4 rings (SSSR count). The Morgan fingerprint density at radius 3 is 2.52 bits per heavy atom. The molecule has 0 unspecified atom stereocenters. The standard InChI is InChI=1S/C21H21N3O5/c25-18(22-17-19(26)24-11-12-28-20(17)24)16(15-9-5-2-6-10-15)23-21(27)29-13-14-7-3-1-4-8-14/h1-10,16-17,20H,11-13H2,(H,22,25)(H,23,27)/t16-,17+,20+/m0/s1. The van der Waals surface area contributed by atoms with Crippen molar-refractivity contribution in [1.29, 1.82) is 0 Å². The molecule has 2 aliphatic rings. The number of amides is 3. The Bertz CT molecular complexity index is 890. The second kappa shape index (κ2) is 8.32. The van der Waals surface area contributed by atoms with Crippen LogP contribution in [0.2, 0.25) is 0 Å². The number of ether oxygens (including phenoxy) is 2. The molecule has 2 fully saturated rings. The van der Waals surface area contributed by atoms with E-state index >= 15 is 0 Å². The van der Waals surface area contributed by atoms with Crippen LogP contribution in [-0.2, 0) is 25.7 Å².